The lowest BCUT2D eigenvalue weighted by Crippen LogP contribution is -2.57. The van der Waals surface area contributed by atoms with Crippen molar-refractivity contribution in [3.63, 3.8) is 0 Å². The van der Waals surface area contributed by atoms with Crippen LogP contribution in [0.25, 0.3) is 0 Å². The van der Waals surface area contributed by atoms with E-state index in [1.54, 1.807) is 0 Å². The van der Waals surface area contributed by atoms with Crippen LogP contribution in [-0.2, 0) is 15.3 Å². The highest BCUT2D eigenvalue weighted by Gasteiger charge is 2.79. The summed E-state index contributed by atoms with van der Waals surface area (Å²) in [4.78, 5) is 0. The number of hydrogen-bond acceptors (Lipinski definition) is 6. The Hall–Kier alpha value is -3.51. The van der Waals surface area contributed by atoms with Gasteiger partial charge in [-0.2, -0.15) is 15.8 Å². The molecule has 2 fully saturated rings. The number of nitrogens with zero attached hydrogens (tertiary/aromatic N) is 3. The Morgan fingerprint density at radius 3 is 2.23 bits per heavy atom. The minimum absolute atomic E-state index is 0.0707. The Bertz CT molecular complexity index is 1220. The van der Waals surface area contributed by atoms with E-state index in [0.717, 1.165) is 18.2 Å². The van der Waals surface area contributed by atoms with Gasteiger partial charge >= 0.3 is 0 Å². The van der Waals surface area contributed by atoms with Crippen molar-refractivity contribution >= 4 is 17.5 Å². The van der Waals surface area contributed by atoms with Gasteiger partial charge in [0.25, 0.3) is 0 Å². The average Bonchev–Trinajstić information content (AvgIpc) is 2.92. The molecule has 2 heterocycles. The second kappa shape index (κ2) is 6.75. The highest BCUT2D eigenvalue weighted by molar-refractivity contribution is 6.30. The largest absolute Gasteiger partial charge is 0.443 e. The maximum Gasteiger partial charge on any atom is 0.244 e. The molecule has 0 aliphatic carbocycles. The fourth-order valence-electron chi connectivity index (χ4n) is 4.53. The molecule has 0 spiro atoms. The molecule has 0 radical (unpaired) electrons. The summed E-state index contributed by atoms with van der Waals surface area (Å²) < 4.78 is 39.8. The molecular weight excluding hydrogens is 426 g/mol. The molecule has 2 aromatic carbocycles. The molecule has 9 heteroatoms. The molecule has 6 nitrogen and oxygen atoms in total. The lowest BCUT2D eigenvalue weighted by atomic mass is 9.53. The zero-order valence-corrected chi connectivity index (χ0v) is 16.7. The van der Waals surface area contributed by atoms with Gasteiger partial charge in [0, 0.05) is 5.56 Å². The van der Waals surface area contributed by atoms with Crippen LogP contribution in [0.5, 0.6) is 0 Å². The third kappa shape index (κ3) is 2.39. The number of rotatable bonds is 2. The van der Waals surface area contributed by atoms with Crippen LogP contribution in [0.2, 0.25) is 5.02 Å². The van der Waals surface area contributed by atoms with Crippen molar-refractivity contribution < 1.29 is 18.3 Å². The summed E-state index contributed by atoms with van der Waals surface area (Å²) in [5, 5.41) is 38.7. The van der Waals surface area contributed by atoms with E-state index in [2.05, 4.69) is 0 Å². The van der Waals surface area contributed by atoms with E-state index in [-0.39, 0.29) is 16.1 Å². The molecule has 0 amide bonds. The van der Waals surface area contributed by atoms with E-state index in [0.29, 0.717) is 0 Å². The summed E-state index contributed by atoms with van der Waals surface area (Å²) in [6.45, 7) is 1.52. The third-order valence-corrected chi connectivity index (χ3v) is 6.47. The van der Waals surface area contributed by atoms with E-state index in [9.17, 15) is 24.6 Å². The molecule has 4 atom stereocenters. The molecule has 2 saturated heterocycles. The zero-order chi connectivity index (χ0) is 22.6. The second-order valence-corrected chi connectivity index (χ2v) is 7.86. The lowest BCUT2D eigenvalue weighted by molar-refractivity contribution is -0.288. The van der Waals surface area contributed by atoms with Gasteiger partial charge in [-0.05, 0) is 42.0 Å². The number of hydrogen-bond donors (Lipinski definition) is 1. The number of benzene rings is 2. The summed E-state index contributed by atoms with van der Waals surface area (Å²) in [7, 11) is 0. The zero-order valence-electron chi connectivity index (χ0n) is 16.0. The predicted octanol–water partition coefficient (Wildman–Crippen LogP) is 4.73. The molecule has 31 heavy (non-hydrogen) atoms. The van der Waals surface area contributed by atoms with Crippen molar-refractivity contribution in [1.29, 1.82) is 21.2 Å². The van der Waals surface area contributed by atoms with Gasteiger partial charge in [-0.25, -0.2) is 8.78 Å². The lowest BCUT2D eigenvalue weighted by Gasteiger charge is -2.48. The predicted molar refractivity (Wildman–Crippen MR) is 103 cm³/mol. The highest BCUT2D eigenvalue weighted by atomic mass is 35.5. The molecular formula is C22H13ClF2N4O2. The van der Waals surface area contributed by atoms with Crippen molar-refractivity contribution in [3.8, 4) is 18.2 Å². The SMILES string of the molecule is CC1C2(c3ccc(F)cc3)OC(=N)C1(C#N)C(C#N)(C#N)C(c1ccc(Cl)c(F)c1)O2. The van der Waals surface area contributed by atoms with Crippen LogP contribution in [0, 0.1) is 67.8 Å². The number of ether oxygens (including phenoxy) is 2. The van der Waals surface area contributed by atoms with Gasteiger partial charge in [0.15, 0.2) is 5.41 Å². The van der Waals surface area contributed by atoms with Gasteiger partial charge in [0.05, 0.1) is 29.1 Å². The van der Waals surface area contributed by atoms with Crippen LogP contribution in [0.3, 0.4) is 0 Å². The first-order chi connectivity index (χ1) is 14.7. The molecule has 2 aliphatic heterocycles. The molecule has 2 aromatic rings. The fourth-order valence-corrected chi connectivity index (χ4v) is 4.64. The quantitative estimate of drug-likeness (QED) is 0.728. The molecule has 154 valence electrons. The molecule has 0 saturated carbocycles. The van der Waals surface area contributed by atoms with E-state index < -0.39 is 46.2 Å². The normalized spacial score (nSPS) is 30.5. The Morgan fingerprint density at radius 2 is 1.68 bits per heavy atom. The number of halogens is 3. The summed E-state index contributed by atoms with van der Waals surface area (Å²) in [6.07, 6.45) is -1.47. The summed E-state index contributed by atoms with van der Waals surface area (Å²) in [6, 6.07) is 14.4. The van der Waals surface area contributed by atoms with Crippen LogP contribution in [0.15, 0.2) is 42.5 Å². The maximum absolute atomic E-state index is 14.3. The molecule has 4 unspecified atom stereocenters. The van der Waals surface area contributed by atoms with E-state index >= 15 is 0 Å². The van der Waals surface area contributed by atoms with Crippen LogP contribution in [0.1, 0.15) is 24.2 Å². The number of fused-ring (bicyclic) bond motifs is 2. The maximum atomic E-state index is 14.3. The van der Waals surface area contributed by atoms with Crippen molar-refractivity contribution in [2.45, 2.75) is 18.8 Å². The van der Waals surface area contributed by atoms with Gasteiger partial charge in [-0.3, -0.25) is 5.41 Å². The first kappa shape index (κ1) is 20.8. The van der Waals surface area contributed by atoms with Crippen LogP contribution in [0.4, 0.5) is 8.78 Å². The van der Waals surface area contributed by atoms with Crippen LogP contribution >= 0.6 is 11.6 Å². The third-order valence-electron chi connectivity index (χ3n) is 6.16. The Balaban J connectivity index is 2.04. The molecule has 4 rings (SSSR count). The Morgan fingerprint density at radius 1 is 1.03 bits per heavy atom. The van der Waals surface area contributed by atoms with Crippen molar-refractivity contribution in [2.24, 2.45) is 16.7 Å². The molecule has 2 bridgehead atoms. The van der Waals surface area contributed by atoms with Gasteiger partial charge in [0.2, 0.25) is 17.1 Å². The summed E-state index contributed by atoms with van der Waals surface area (Å²) in [5.41, 5.74) is -3.92. The van der Waals surface area contributed by atoms with Crippen LogP contribution in [-0.4, -0.2) is 5.90 Å². The molecule has 2 aliphatic rings. The smallest absolute Gasteiger partial charge is 0.244 e. The standard InChI is InChI=1S/C22H13ClF2N4O2/c1-12-21(11-28)19(29)31-22(12,14-3-5-15(24)6-4-14)30-18(20(21,9-26)10-27)13-2-7-16(23)17(25)8-13/h2-8,12,18,29H,1H3. The van der Waals surface area contributed by atoms with Crippen molar-refractivity contribution in [3.05, 3.63) is 70.2 Å². The van der Waals surface area contributed by atoms with Gasteiger partial charge in [0.1, 0.15) is 17.7 Å². The average molecular weight is 439 g/mol. The fraction of sp³-hybridized carbons (Fsp3) is 0.273. The monoisotopic (exact) mass is 438 g/mol. The van der Waals surface area contributed by atoms with E-state index in [1.807, 2.05) is 18.2 Å². The van der Waals surface area contributed by atoms with Crippen LogP contribution < -0.4 is 0 Å². The number of nitriles is 3. The van der Waals surface area contributed by atoms with E-state index in [1.165, 1.54) is 31.2 Å². The molecule has 1 N–H and O–H groups in total. The minimum atomic E-state index is -2.24. The van der Waals surface area contributed by atoms with Crippen molar-refractivity contribution in [2.75, 3.05) is 0 Å². The first-order valence-electron chi connectivity index (χ1n) is 9.13. The summed E-state index contributed by atoms with van der Waals surface area (Å²) >= 11 is 5.77. The highest BCUT2D eigenvalue weighted by Crippen LogP contribution is 2.68. The minimum Gasteiger partial charge on any atom is -0.443 e. The summed E-state index contributed by atoms with van der Waals surface area (Å²) in [5.74, 6) is -4.74. The number of nitrogens with one attached hydrogen (secondary N) is 1. The topological polar surface area (TPSA) is 114 Å². The Kier molecular flexibility index (Phi) is 4.52. The van der Waals surface area contributed by atoms with Gasteiger partial charge in [-0.15, -0.1) is 0 Å². The van der Waals surface area contributed by atoms with E-state index in [4.69, 9.17) is 26.5 Å². The van der Waals surface area contributed by atoms with Gasteiger partial charge in [-0.1, -0.05) is 24.6 Å². The Labute approximate surface area is 181 Å². The molecule has 0 aromatic heterocycles. The van der Waals surface area contributed by atoms with Crippen molar-refractivity contribution in [1.82, 2.24) is 0 Å². The first-order valence-corrected chi connectivity index (χ1v) is 9.51. The second-order valence-electron chi connectivity index (χ2n) is 7.45. The van der Waals surface area contributed by atoms with Gasteiger partial charge < -0.3 is 9.47 Å².